The fourth-order valence-corrected chi connectivity index (χ4v) is 10.3. The predicted molar refractivity (Wildman–Crippen MR) is 124 cm³/mol. The summed E-state index contributed by atoms with van der Waals surface area (Å²) in [5.74, 6) is -6.74. The predicted octanol–water partition coefficient (Wildman–Crippen LogP) is 0.752. The normalized spacial score (nSPS) is 59.7. The second-order valence-electron chi connectivity index (χ2n) is 13.6. The van der Waals surface area contributed by atoms with Gasteiger partial charge in [-0.3, -0.25) is 14.4 Å². The van der Waals surface area contributed by atoms with Crippen molar-refractivity contribution in [3.8, 4) is 0 Å². The largest absolute Gasteiger partial charge is 0.458 e. The Labute approximate surface area is 219 Å². The van der Waals surface area contributed by atoms with Gasteiger partial charge in [0.2, 0.25) is 5.79 Å². The van der Waals surface area contributed by atoms with E-state index in [1.807, 2.05) is 19.9 Å². The van der Waals surface area contributed by atoms with Crippen LogP contribution in [-0.2, 0) is 38.1 Å². The van der Waals surface area contributed by atoms with E-state index in [2.05, 4.69) is 0 Å². The molecule has 2 spiro atoms. The van der Waals surface area contributed by atoms with Gasteiger partial charge in [0.15, 0.2) is 22.6 Å². The number of aliphatic hydroxyl groups excluding tert-OH is 1. The second-order valence-corrected chi connectivity index (χ2v) is 13.6. The Morgan fingerprint density at radius 1 is 1.05 bits per heavy atom. The van der Waals surface area contributed by atoms with E-state index < -0.39 is 81.2 Å². The van der Waals surface area contributed by atoms with Crippen molar-refractivity contribution in [2.45, 2.75) is 94.1 Å². The Balaban J connectivity index is 1.41. The number of carbonyl (C=O) groups excluding carboxylic acids is 4. The van der Waals surface area contributed by atoms with Gasteiger partial charge < -0.3 is 29.2 Å². The van der Waals surface area contributed by atoms with Crippen LogP contribution in [0.2, 0.25) is 0 Å². The molecular formula is C28H32O10. The van der Waals surface area contributed by atoms with Crippen LogP contribution in [0.15, 0.2) is 11.6 Å². The van der Waals surface area contributed by atoms with E-state index >= 15 is 0 Å². The van der Waals surface area contributed by atoms with Crippen LogP contribution in [0.4, 0.5) is 0 Å². The number of ketones is 2. The summed E-state index contributed by atoms with van der Waals surface area (Å²) in [4.78, 5) is 55.4. The number of aliphatic hydroxyl groups is 2. The third-order valence-electron chi connectivity index (χ3n) is 12.3. The van der Waals surface area contributed by atoms with E-state index in [0.29, 0.717) is 12.8 Å². The third-order valence-corrected chi connectivity index (χ3v) is 12.3. The van der Waals surface area contributed by atoms with Crippen molar-refractivity contribution in [3.05, 3.63) is 11.6 Å². The number of esters is 2. The first-order valence-electron chi connectivity index (χ1n) is 13.8. The molecule has 10 heteroatoms. The zero-order valence-electron chi connectivity index (χ0n) is 21.7. The molecule has 204 valence electrons. The zero-order valence-corrected chi connectivity index (χ0v) is 21.7. The van der Waals surface area contributed by atoms with Gasteiger partial charge in [0.25, 0.3) is 0 Å². The molecule has 0 aromatic rings. The van der Waals surface area contributed by atoms with Gasteiger partial charge in [-0.2, -0.15) is 0 Å². The first-order valence-corrected chi connectivity index (χ1v) is 13.8. The highest BCUT2D eigenvalue weighted by Crippen LogP contribution is 2.75. The average Bonchev–Trinajstić information content (AvgIpc) is 3.16. The van der Waals surface area contributed by atoms with Crippen molar-refractivity contribution < 1.29 is 48.3 Å². The highest BCUT2D eigenvalue weighted by Gasteiger charge is 2.93. The number of Topliss-reactive ketones (excluding diaryl/α,β-unsaturated/α-hetero) is 2. The van der Waals surface area contributed by atoms with Gasteiger partial charge in [0, 0.05) is 12.3 Å². The van der Waals surface area contributed by atoms with Crippen LogP contribution in [0.25, 0.3) is 0 Å². The van der Waals surface area contributed by atoms with Gasteiger partial charge in [-0.1, -0.05) is 18.6 Å². The number of rotatable bonds is 0. The van der Waals surface area contributed by atoms with Crippen molar-refractivity contribution in [2.24, 2.45) is 34.5 Å². The summed E-state index contributed by atoms with van der Waals surface area (Å²) in [5.41, 5.74) is -6.81. The Kier molecular flexibility index (Phi) is 4.01. The topological polar surface area (TPSA) is 146 Å². The lowest BCUT2D eigenvalue weighted by Crippen LogP contribution is -2.79. The van der Waals surface area contributed by atoms with Crippen LogP contribution in [0.1, 0.15) is 59.3 Å². The molecule has 2 N–H and O–H groups in total. The summed E-state index contributed by atoms with van der Waals surface area (Å²) >= 11 is 0. The molecule has 12 atom stereocenters. The molecule has 5 aliphatic heterocycles. The molecule has 5 bridgehead atoms. The van der Waals surface area contributed by atoms with Gasteiger partial charge in [-0.05, 0) is 57.3 Å². The molecule has 0 aromatic heterocycles. The summed E-state index contributed by atoms with van der Waals surface area (Å²) in [7, 11) is 0. The van der Waals surface area contributed by atoms with Crippen LogP contribution in [-0.4, -0.2) is 75.1 Å². The molecule has 8 rings (SSSR count). The molecule has 3 aliphatic carbocycles. The number of hydrogen-bond donors (Lipinski definition) is 2. The Morgan fingerprint density at radius 3 is 2.58 bits per heavy atom. The van der Waals surface area contributed by atoms with Gasteiger partial charge in [-0.15, -0.1) is 0 Å². The Hall–Kier alpha value is -2.14. The Morgan fingerprint density at radius 2 is 1.82 bits per heavy atom. The van der Waals surface area contributed by atoms with Gasteiger partial charge in [0.05, 0.1) is 30.0 Å². The van der Waals surface area contributed by atoms with Crippen LogP contribution in [0.5, 0.6) is 0 Å². The minimum Gasteiger partial charge on any atom is -0.458 e. The molecule has 0 aromatic carbocycles. The minimum absolute atomic E-state index is 0.00959. The van der Waals surface area contributed by atoms with Crippen molar-refractivity contribution in [2.75, 3.05) is 6.61 Å². The quantitative estimate of drug-likeness (QED) is 0.341. The van der Waals surface area contributed by atoms with Crippen LogP contribution in [0, 0.1) is 34.5 Å². The summed E-state index contributed by atoms with van der Waals surface area (Å²) < 4.78 is 25.1. The maximum absolute atomic E-state index is 14.9. The standard InChI is InChI=1S/C28H32O10/c1-23-10-18-25(3)28-19(23)20(31)27(38-28,35-11-16(23)21(32)36-18)15-5-4-12-8-13(29)9-17(30)24(12,2)14(15)6-7-26(28,34)22(33)37-25/h4,13-16,18-19,29,34H,5-11H2,1-3H3/t13-,14-,15+,16?,18?,19?,23+,24-,25-,26?,27-,28-/m0/s1. The number of hydrogen-bond acceptors (Lipinski definition) is 10. The monoisotopic (exact) mass is 528 g/mol. The maximum atomic E-state index is 14.9. The lowest BCUT2D eigenvalue weighted by Gasteiger charge is -2.63. The van der Waals surface area contributed by atoms with E-state index in [9.17, 15) is 29.4 Å². The fourth-order valence-electron chi connectivity index (χ4n) is 10.3. The molecule has 0 amide bonds. The smallest absolute Gasteiger partial charge is 0.342 e. The number of fused-ring (bicyclic) bond motifs is 5. The molecule has 38 heavy (non-hydrogen) atoms. The first-order chi connectivity index (χ1) is 17.8. The van der Waals surface area contributed by atoms with E-state index in [1.165, 1.54) is 0 Å². The molecular weight excluding hydrogens is 496 g/mol. The van der Waals surface area contributed by atoms with Crippen molar-refractivity contribution in [3.63, 3.8) is 0 Å². The van der Waals surface area contributed by atoms with Crippen molar-refractivity contribution >= 4 is 23.5 Å². The van der Waals surface area contributed by atoms with E-state index in [1.54, 1.807) is 6.92 Å². The molecule has 4 unspecified atom stereocenters. The van der Waals surface area contributed by atoms with Crippen LogP contribution < -0.4 is 0 Å². The number of allylic oxidation sites excluding steroid dienone is 1. The van der Waals surface area contributed by atoms with Crippen LogP contribution in [0.3, 0.4) is 0 Å². The SMILES string of the molecule is C[C@@]12CC3OC(=O)C1CO[C@@]14O[C@]5(C2C1=O)C(O)(CC[C@H]1[C@H]4CC=C2C[C@H](O)CC(=O)[C@@]21C)C(=O)O[C@@]35C. The molecule has 10 nitrogen and oxygen atoms in total. The fraction of sp³-hybridized carbons (Fsp3) is 0.786. The second kappa shape index (κ2) is 6.43. The molecule has 7 fully saturated rings. The summed E-state index contributed by atoms with van der Waals surface area (Å²) in [6, 6.07) is 0. The zero-order chi connectivity index (χ0) is 26.8. The molecule has 5 saturated heterocycles. The lowest BCUT2D eigenvalue weighted by atomic mass is 9.46. The minimum atomic E-state index is -2.21. The maximum Gasteiger partial charge on any atom is 0.342 e. The average molecular weight is 529 g/mol. The van der Waals surface area contributed by atoms with Gasteiger partial charge in [-0.25, -0.2) is 4.79 Å². The summed E-state index contributed by atoms with van der Waals surface area (Å²) in [6.45, 7) is 5.18. The highest BCUT2D eigenvalue weighted by molar-refractivity contribution is 5.99. The number of carbonyl (C=O) groups is 4. The van der Waals surface area contributed by atoms with Gasteiger partial charge >= 0.3 is 11.9 Å². The van der Waals surface area contributed by atoms with E-state index in [4.69, 9.17) is 18.9 Å². The Bertz CT molecular complexity index is 1290. The van der Waals surface area contributed by atoms with Gasteiger partial charge in [0.1, 0.15) is 11.9 Å². The lowest BCUT2D eigenvalue weighted by molar-refractivity contribution is -0.374. The number of ether oxygens (including phenoxy) is 4. The van der Waals surface area contributed by atoms with Crippen LogP contribution >= 0.6 is 0 Å². The molecule has 2 saturated carbocycles. The van der Waals surface area contributed by atoms with Crippen molar-refractivity contribution in [1.29, 1.82) is 0 Å². The molecule has 5 heterocycles. The highest BCUT2D eigenvalue weighted by atomic mass is 16.8. The van der Waals surface area contributed by atoms with E-state index in [-0.39, 0.29) is 43.9 Å². The summed E-state index contributed by atoms with van der Waals surface area (Å²) in [6.07, 6.45) is 1.42. The summed E-state index contributed by atoms with van der Waals surface area (Å²) in [5, 5.41) is 22.8. The van der Waals surface area contributed by atoms with Crippen molar-refractivity contribution in [1.82, 2.24) is 0 Å². The molecule has 0 radical (unpaired) electrons. The van der Waals surface area contributed by atoms with E-state index in [0.717, 1.165) is 5.57 Å². The third kappa shape index (κ3) is 2.07. The first kappa shape index (κ1) is 23.7. The molecule has 8 aliphatic rings.